The van der Waals surface area contributed by atoms with Crippen LogP contribution in [0, 0.1) is 18.8 Å². The van der Waals surface area contributed by atoms with Crippen LogP contribution < -0.4 is 10.6 Å². The lowest BCUT2D eigenvalue weighted by molar-refractivity contribution is -0.188. The highest BCUT2D eigenvalue weighted by Crippen LogP contribution is 2.31. The van der Waals surface area contributed by atoms with Gasteiger partial charge in [-0.15, -0.1) is 0 Å². The molecule has 1 aliphatic rings. The van der Waals surface area contributed by atoms with E-state index in [2.05, 4.69) is 27.6 Å². The van der Waals surface area contributed by atoms with E-state index in [1.54, 1.807) is 99.4 Å². The zero-order chi connectivity index (χ0) is 39.4. The van der Waals surface area contributed by atoms with Gasteiger partial charge in [-0.2, -0.15) is 18.3 Å². The molecule has 3 N–H and O–H groups in total. The van der Waals surface area contributed by atoms with Gasteiger partial charge in [0.15, 0.2) is 0 Å². The predicted octanol–water partition coefficient (Wildman–Crippen LogP) is 5.31. The van der Waals surface area contributed by atoms with Crippen LogP contribution in [0.2, 0.25) is 0 Å². The maximum Gasteiger partial charge on any atom is 0.471 e. The van der Waals surface area contributed by atoms with Crippen LogP contribution in [0.3, 0.4) is 0 Å². The fourth-order valence-electron chi connectivity index (χ4n) is 5.78. The quantitative estimate of drug-likeness (QED) is 0.227. The number of anilines is 1. The summed E-state index contributed by atoms with van der Waals surface area (Å²) < 4.78 is 47.4. The van der Waals surface area contributed by atoms with Crippen LogP contribution in [-0.2, 0) is 26.2 Å². The van der Waals surface area contributed by atoms with E-state index in [9.17, 15) is 37.5 Å². The lowest BCUT2D eigenvalue weighted by Crippen LogP contribution is -2.63. The van der Waals surface area contributed by atoms with Crippen molar-refractivity contribution in [3.8, 4) is 28.8 Å². The average Bonchev–Trinajstić information content (AvgIpc) is 3.49. The molecule has 12 nitrogen and oxygen atoms in total. The summed E-state index contributed by atoms with van der Waals surface area (Å²) in [7, 11) is 1.73. The van der Waals surface area contributed by atoms with Crippen molar-refractivity contribution in [3.63, 3.8) is 0 Å². The second kappa shape index (κ2) is 15.7. The molecule has 5 rings (SSSR count). The summed E-state index contributed by atoms with van der Waals surface area (Å²) in [6.07, 6.45) is -4.41. The highest BCUT2D eigenvalue weighted by atomic mass is 19.4. The maximum atomic E-state index is 14.1. The molecule has 15 heteroatoms. The van der Waals surface area contributed by atoms with Crippen LogP contribution in [0.5, 0.6) is 5.75 Å². The van der Waals surface area contributed by atoms with Gasteiger partial charge in [0.05, 0.1) is 12.1 Å². The van der Waals surface area contributed by atoms with Crippen molar-refractivity contribution in [3.05, 3.63) is 101 Å². The van der Waals surface area contributed by atoms with Crippen LogP contribution in [0.25, 0.3) is 11.3 Å². The van der Waals surface area contributed by atoms with E-state index in [4.69, 9.17) is 4.74 Å². The number of aryl methyl sites for hydroxylation is 2. The van der Waals surface area contributed by atoms with E-state index in [1.807, 2.05) is 6.92 Å². The fourth-order valence-corrected chi connectivity index (χ4v) is 5.78. The number of nitrogens with zero attached hydrogens (tertiary/aromatic N) is 4. The first kappa shape index (κ1) is 38.9. The van der Waals surface area contributed by atoms with E-state index in [1.165, 1.54) is 12.1 Å². The van der Waals surface area contributed by atoms with E-state index in [0.717, 1.165) is 10.5 Å². The van der Waals surface area contributed by atoms with Crippen molar-refractivity contribution in [2.45, 2.75) is 51.6 Å². The third kappa shape index (κ3) is 9.57. The van der Waals surface area contributed by atoms with Crippen LogP contribution in [0.1, 0.15) is 49.1 Å². The predicted molar refractivity (Wildman–Crippen MR) is 193 cm³/mol. The molecule has 0 unspecified atom stereocenters. The Balaban J connectivity index is 1.39. The second-order valence-corrected chi connectivity index (χ2v) is 13.7. The number of carbonyl (C=O) groups excluding carboxylic acids is 4. The number of hydrogen-bond donors (Lipinski definition) is 3. The summed E-state index contributed by atoms with van der Waals surface area (Å²) in [6, 6.07) is 16.6. The monoisotopic (exact) mass is 744 g/mol. The molecule has 4 aromatic rings. The van der Waals surface area contributed by atoms with Gasteiger partial charge in [0, 0.05) is 43.1 Å². The van der Waals surface area contributed by atoms with Gasteiger partial charge in [-0.1, -0.05) is 53.8 Å². The number of carbonyl (C=O) groups is 4. The molecule has 2 heterocycles. The molecule has 4 amide bonds. The first-order chi connectivity index (χ1) is 25.4. The minimum atomic E-state index is -5.20. The zero-order valence-electron chi connectivity index (χ0n) is 30.2. The number of benzene rings is 3. The Kier molecular flexibility index (Phi) is 11.3. The number of piperazine rings is 1. The van der Waals surface area contributed by atoms with Crippen molar-refractivity contribution < 1.29 is 42.2 Å². The molecule has 0 saturated carbocycles. The second-order valence-electron chi connectivity index (χ2n) is 13.7. The van der Waals surface area contributed by atoms with Crippen molar-refractivity contribution in [1.29, 1.82) is 0 Å². The average molecular weight is 745 g/mol. The number of halogens is 3. The van der Waals surface area contributed by atoms with Gasteiger partial charge in [0.2, 0.25) is 5.91 Å². The summed E-state index contributed by atoms with van der Waals surface area (Å²) in [6.45, 7) is 5.12. The Hall–Kier alpha value is -6.30. The molecule has 0 spiro atoms. The highest BCUT2D eigenvalue weighted by molar-refractivity contribution is 5.99. The van der Waals surface area contributed by atoms with Crippen LogP contribution in [-0.4, -0.2) is 86.0 Å². The first-order valence-electron chi connectivity index (χ1n) is 16.9. The van der Waals surface area contributed by atoms with Gasteiger partial charge in [-0.05, 0) is 69.7 Å². The van der Waals surface area contributed by atoms with Gasteiger partial charge >= 0.3 is 18.2 Å². The number of aromatic nitrogens is 2. The number of rotatable bonds is 6. The molecule has 3 aromatic carbocycles. The number of phenols is 1. The molecule has 54 heavy (non-hydrogen) atoms. The van der Waals surface area contributed by atoms with E-state index in [0.29, 0.717) is 32.8 Å². The maximum absolute atomic E-state index is 14.1. The largest absolute Gasteiger partial charge is 0.507 e. The number of hydrogen-bond acceptors (Lipinski definition) is 7. The van der Waals surface area contributed by atoms with Gasteiger partial charge in [-0.3, -0.25) is 19.1 Å². The molecular weight excluding hydrogens is 705 g/mol. The molecule has 2 atom stereocenters. The lowest BCUT2D eigenvalue weighted by atomic mass is 10.0. The summed E-state index contributed by atoms with van der Waals surface area (Å²) in [5, 5.41) is 20.1. The summed E-state index contributed by atoms with van der Waals surface area (Å²) in [4.78, 5) is 54.5. The third-order valence-corrected chi connectivity index (χ3v) is 8.27. The van der Waals surface area contributed by atoms with Crippen molar-refractivity contribution in [1.82, 2.24) is 24.9 Å². The normalized spacial score (nSPS) is 15.1. The standard InChI is InChI=1S/C39H39F3N6O6/c1-24-11-18-31(49)29(21-24)32-27(22-46(5)45-32)15-12-25-13-16-28(17-14-25)43-34(50)30-23-47(36(52)39(40,41)42)19-20-48(30)35(51)33(26-9-7-6-8-10-26)44-37(53)54-38(2,3)4/h6-11,13-14,16-18,21-22,30,33,49H,19-20,23H2,1-5H3,(H,43,50)(H,44,53)/t30-,33+/m0/s1. The number of aromatic hydroxyl groups is 1. The summed E-state index contributed by atoms with van der Waals surface area (Å²) >= 11 is 0. The Morgan fingerprint density at radius 1 is 0.963 bits per heavy atom. The minimum Gasteiger partial charge on any atom is -0.507 e. The molecule has 282 valence electrons. The highest BCUT2D eigenvalue weighted by Gasteiger charge is 2.47. The topological polar surface area (TPSA) is 146 Å². The lowest BCUT2D eigenvalue weighted by Gasteiger charge is -2.42. The summed E-state index contributed by atoms with van der Waals surface area (Å²) in [5.74, 6) is 2.36. The summed E-state index contributed by atoms with van der Waals surface area (Å²) in [5.41, 5.74) is 2.74. The third-order valence-electron chi connectivity index (χ3n) is 8.27. The van der Waals surface area contributed by atoms with Gasteiger partial charge < -0.3 is 30.3 Å². The Bertz CT molecular complexity index is 2100. The van der Waals surface area contributed by atoms with E-state index < -0.39 is 67.3 Å². The van der Waals surface area contributed by atoms with E-state index in [-0.39, 0.29) is 11.4 Å². The SMILES string of the molecule is Cc1ccc(O)c(-c2nn(C)cc2C#Cc2ccc(NC(=O)[C@@H]3CN(C(=O)C(F)(F)F)CCN3C(=O)[C@H](NC(=O)OC(C)(C)C)c3ccccc3)cc2)c1. The minimum absolute atomic E-state index is 0.0569. The Morgan fingerprint density at radius 3 is 2.30 bits per heavy atom. The number of amides is 4. The van der Waals surface area contributed by atoms with Crippen molar-refractivity contribution >= 4 is 29.5 Å². The van der Waals surface area contributed by atoms with Crippen molar-refractivity contribution in [2.24, 2.45) is 7.05 Å². The van der Waals surface area contributed by atoms with Crippen LogP contribution in [0.4, 0.5) is 23.7 Å². The zero-order valence-corrected chi connectivity index (χ0v) is 30.2. The Morgan fingerprint density at radius 2 is 1.65 bits per heavy atom. The van der Waals surface area contributed by atoms with Gasteiger partial charge in [0.25, 0.3) is 5.91 Å². The Labute approximate surface area is 309 Å². The molecule has 1 aliphatic heterocycles. The molecule has 0 aliphatic carbocycles. The molecule has 1 aromatic heterocycles. The number of ether oxygens (including phenoxy) is 1. The number of nitrogens with one attached hydrogen (secondary N) is 2. The van der Waals surface area contributed by atoms with Crippen molar-refractivity contribution in [2.75, 3.05) is 25.0 Å². The smallest absolute Gasteiger partial charge is 0.471 e. The van der Waals surface area contributed by atoms with Crippen LogP contribution in [0.15, 0.2) is 79.0 Å². The van der Waals surface area contributed by atoms with Gasteiger partial charge in [0.1, 0.15) is 29.1 Å². The van der Waals surface area contributed by atoms with Crippen LogP contribution >= 0.6 is 0 Å². The van der Waals surface area contributed by atoms with Gasteiger partial charge in [-0.25, -0.2) is 4.79 Å². The van der Waals surface area contributed by atoms with E-state index >= 15 is 0 Å². The molecule has 0 bridgehead atoms. The molecule has 1 fully saturated rings. The molecule has 1 saturated heterocycles. The number of alkyl carbamates (subject to hydrolysis) is 1. The molecule has 0 radical (unpaired) electrons. The molecular formula is C39H39F3N6O6. The fraction of sp³-hybridized carbons (Fsp3) is 0.308. The number of phenolic OH excluding ortho intramolecular Hbond substituents is 1. The first-order valence-corrected chi connectivity index (χ1v) is 16.9. The number of alkyl halides is 3.